The smallest absolute Gasteiger partial charge is 0.224 e. The van der Waals surface area contributed by atoms with Crippen LogP contribution < -0.4 is 10.1 Å². The first-order valence-corrected chi connectivity index (χ1v) is 7.05. The molecule has 0 heterocycles. The number of carbonyl (C=O) groups is 1. The van der Waals surface area contributed by atoms with E-state index in [1.54, 1.807) is 18.2 Å². The highest BCUT2D eigenvalue weighted by molar-refractivity contribution is 5.92. The number of rotatable bonds is 6. The lowest BCUT2D eigenvalue weighted by Crippen LogP contribution is -2.13. The van der Waals surface area contributed by atoms with Crippen molar-refractivity contribution >= 4 is 11.6 Å². The van der Waals surface area contributed by atoms with Crippen LogP contribution in [0.3, 0.4) is 0 Å². The van der Waals surface area contributed by atoms with E-state index >= 15 is 0 Å². The topological polar surface area (TPSA) is 38.3 Å². The first kappa shape index (κ1) is 15.9. The van der Waals surface area contributed by atoms with Gasteiger partial charge >= 0.3 is 0 Å². The molecule has 2 aromatic rings. The van der Waals surface area contributed by atoms with E-state index in [1.165, 1.54) is 6.07 Å². The lowest BCUT2D eigenvalue weighted by molar-refractivity contribution is -0.116. The lowest BCUT2D eigenvalue weighted by Gasteiger charge is -2.11. The average Bonchev–Trinajstić information content (AvgIpc) is 2.51. The Kier molecular flexibility index (Phi) is 5.47. The van der Waals surface area contributed by atoms with E-state index in [0.29, 0.717) is 30.0 Å². The van der Waals surface area contributed by atoms with Crippen LogP contribution in [0.1, 0.15) is 18.9 Å². The molecule has 0 radical (unpaired) electrons. The van der Waals surface area contributed by atoms with Gasteiger partial charge in [-0.3, -0.25) is 4.79 Å². The van der Waals surface area contributed by atoms with Crippen LogP contribution in [0.5, 0.6) is 5.75 Å². The third-order valence-corrected chi connectivity index (χ3v) is 3.09. The molecule has 0 aliphatic rings. The van der Waals surface area contributed by atoms with Gasteiger partial charge in [0, 0.05) is 6.42 Å². The summed E-state index contributed by atoms with van der Waals surface area (Å²) in [6.45, 7) is 2.36. The molecule has 116 valence electrons. The fourth-order valence-corrected chi connectivity index (χ4v) is 2.02. The van der Waals surface area contributed by atoms with Crippen molar-refractivity contribution in [3.8, 4) is 5.75 Å². The van der Waals surface area contributed by atoms with Gasteiger partial charge in [-0.1, -0.05) is 18.2 Å². The molecule has 0 unspecified atom stereocenters. The number of ether oxygens (including phenoxy) is 1. The van der Waals surface area contributed by atoms with Gasteiger partial charge in [0.2, 0.25) is 5.91 Å². The molecule has 1 amide bonds. The second kappa shape index (κ2) is 7.54. The highest BCUT2D eigenvalue weighted by Gasteiger charge is 2.09. The van der Waals surface area contributed by atoms with Crippen LogP contribution in [0.4, 0.5) is 14.5 Å². The molecule has 3 nitrogen and oxygen atoms in total. The van der Waals surface area contributed by atoms with Gasteiger partial charge in [0.15, 0.2) is 11.6 Å². The van der Waals surface area contributed by atoms with E-state index in [9.17, 15) is 13.6 Å². The minimum absolute atomic E-state index is 0.172. The summed E-state index contributed by atoms with van der Waals surface area (Å²) in [5, 5.41) is 2.76. The van der Waals surface area contributed by atoms with E-state index in [1.807, 2.05) is 13.0 Å². The van der Waals surface area contributed by atoms with Crippen LogP contribution in [-0.4, -0.2) is 12.5 Å². The van der Waals surface area contributed by atoms with E-state index in [4.69, 9.17) is 4.74 Å². The molecule has 2 aromatic carbocycles. The van der Waals surface area contributed by atoms with Crippen molar-refractivity contribution in [3.63, 3.8) is 0 Å². The number of nitrogens with one attached hydrogen (secondary N) is 1. The number of amides is 1. The molecular formula is C17H17F2NO2. The number of carbonyl (C=O) groups excluding carboxylic acids is 1. The Labute approximate surface area is 127 Å². The molecule has 0 spiro atoms. The van der Waals surface area contributed by atoms with Crippen LogP contribution in [0.25, 0.3) is 0 Å². The Bertz CT molecular complexity index is 659. The summed E-state index contributed by atoms with van der Waals surface area (Å²) < 4.78 is 31.4. The van der Waals surface area contributed by atoms with Crippen molar-refractivity contribution < 1.29 is 18.3 Å². The molecule has 0 aliphatic heterocycles. The number of hydrogen-bond acceptors (Lipinski definition) is 2. The van der Waals surface area contributed by atoms with E-state index < -0.39 is 11.6 Å². The number of aryl methyl sites for hydroxylation is 1. The van der Waals surface area contributed by atoms with E-state index in [-0.39, 0.29) is 12.3 Å². The van der Waals surface area contributed by atoms with Gasteiger partial charge in [-0.05, 0) is 43.2 Å². The molecule has 2 rings (SSSR count). The van der Waals surface area contributed by atoms with E-state index in [2.05, 4.69) is 5.32 Å². The summed E-state index contributed by atoms with van der Waals surface area (Å²) in [7, 11) is 0. The van der Waals surface area contributed by atoms with Crippen molar-refractivity contribution in [2.45, 2.75) is 19.8 Å². The molecule has 22 heavy (non-hydrogen) atoms. The highest BCUT2D eigenvalue weighted by atomic mass is 19.2. The molecular weight excluding hydrogens is 288 g/mol. The summed E-state index contributed by atoms with van der Waals surface area (Å²) in [5.41, 5.74) is 1.17. The lowest BCUT2D eigenvalue weighted by atomic mass is 10.1. The van der Waals surface area contributed by atoms with Crippen LogP contribution >= 0.6 is 0 Å². The van der Waals surface area contributed by atoms with Gasteiger partial charge < -0.3 is 10.1 Å². The third kappa shape index (κ3) is 4.28. The Morgan fingerprint density at radius 3 is 2.64 bits per heavy atom. The largest absolute Gasteiger partial charge is 0.492 e. The maximum Gasteiger partial charge on any atom is 0.224 e. The number of para-hydroxylation sites is 2. The number of halogens is 2. The van der Waals surface area contributed by atoms with Crippen LogP contribution in [0.15, 0.2) is 42.5 Å². The fraction of sp³-hybridized carbons (Fsp3) is 0.235. The standard InChI is InChI=1S/C17H17F2NO2/c1-2-22-16-6-4-3-5-15(16)20-17(21)10-8-12-7-9-13(18)14(19)11-12/h3-7,9,11H,2,8,10H2,1H3,(H,20,21). The van der Waals surface area contributed by atoms with Crippen molar-refractivity contribution in [3.05, 3.63) is 59.7 Å². The number of hydrogen-bond donors (Lipinski definition) is 1. The summed E-state index contributed by atoms with van der Waals surface area (Å²) >= 11 is 0. The molecule has 0 saturated heterocycles. The van der Waals surface area contributed by atoms with Gasteiger partial charge in [0.25, 0.3) is 0 Å². The minimum Gasteiger partial charge on any atom is -0.492 e. The van der Waals surface area contributed by atoms with E-state index in [0.717, 1.165) is 12.1 Å². The monoisotopic (exact) mass is 305 g/mol. The van der Waals surface area contributed by atoms with Gasteiger partial charge in [0.1, 0.15) is 5.75 Å². The van der Waals surface area contributed by atoms with Crippen molar-refractivity contribution in [1.29, 1.82) is 0 Å². The fourth-order valence-electron chi connectivity index (χ4n) is 2.02. The van der Waals surface area contributed by atoms with Crippen LogP contribution in [0, 0.1) is 11.6 Å². The molecule has 0 aliphatic carbocycles. The quantitative estimate of drug-likeness (QED) is 0.878. The summed E-state index contributed by atoms with van der Waals surface area (Å²) in [6, 6.07) is 10.8. The zero-order chi connectivity index (χ0) is 15.9. The Hall–Kier alpha value is -2.43. The zero-order valence-corrected chi connectivity index (χ0v) is 12.2. The maximum atomic E-state index is 13.1. The maximum absolute atomic E-state index is 13.1. The molecule has 0 bridgehead atoms. The zero-order valence-electron chi connectivity index (χ0n) is 12.2. The molecule has 0 saturated carbocycles. The average molecular weight is 305 g/mol. The van der Waals surface area contributed by atoms with Crippen molar-refractivity contribution in [1.82, 2.24) is 0 Å². The SMILES string of the molecule is CCOc1ccccc1NC(=O)CCc1ccc(F)c(F)c1. The van der Waals surface area contributed by atoms with Gasteiger partial charge in [-0.2, -0.15) is 0 Å². The Morgan fingerprint density at radius 2 is 1.91 bits per heavy atom. The second-order valence-corrected chi connectivity index (χ2v) is 4.73. The molecule has 1 N–H and O–H groups in total. The van der Waals surface area contributed by atoms with Crippen molar-refractivity contribution in [2.24, 2.45) is 0 Å². The molecule has 5 heteroatoms. The van der Waals surface area contributed by atoms with Crippen molar-refractivity contribution in [2.75, 3.05) is 11.9 Å². The molecule has 0 atom stereocenters. The summed E-state index contributed by atoms with van der Waals surface area (Å²) in [4.78, 5) is 12.0. The first-order valence-electron chi connectivity index (χ1n) is 7.05. The Morgan fingerprint density at radius 1 is 1.14 bits per heavy atom. The normalized spacial score (nSPS) is 10.3. The Balaban J connectivity index is 1.94. The summed E-state index contributed by atoms with van der Waals surface area (Å²) in [5.74, 6) is -1.40. The predicted octanol–water partition coefficient (Wildman–Crippen LogP) is 3.93. The summed E-state index contributed by atoms with van der Waals surface area (Å²) in [6.07, 6.45) is 0.505. The number of anilines is 1. The predicted molar refractivity (Wildman–Crippen MR) is 80.9 cm³/mol. The van der Waals surface area contributed by atoms with Gasteiger partial charge in [0.05, 0.1) is 12.3 Å². The van der Waals surface area contributed by atoms with Crippen LogP contribution in [0.2, 0.25) is 0 Å². The minimum atomic E-state index is -0.903. The molecule has 0 fully saturated rings. The number of benzene rings is 2. The second-order valence-electron chi connectivity index (χ2n) is 4.73. The molecule has 0 aromatic heterocycles. The first-order chi connectivity index (χ1) is 10.6. The highest BCUT2D eigenvalue weighted by Crippen LogP contribution is 2.23. The van der Waals surface area contributed by atoms with Gasteiger partial charge in [-0.25, -0.2) is 8.78 Å². The van der Waals surface area contributed by atoms with Crippen LogP contribution in [-0.2, 0) is 11.2 Å². The van der Waals surface area contributed by atoms with Gasteiger partial charge in [-0.15, -0.1) is 0 Å². The third-order valence-electron chi connectivity index (χ3n) is 3.09.